The first-order valence-electron chi connectivity index (χ1n) is 8.76. The number of nitrogens with one attached hydrogen (secondary N) is 2. The van der Waals surface area contributed by atoms with Crippen LogP contribution in [0.4, 0.5) is 5.69 Å². The highest BCUT2D eigenvalue weighted by Gasteiger charge is 2.22. The molecule has 2 aromatic rings. The summed E-state index contributed by atoms with van der Waals surface area (Å²) < 4.78 is 3.78. The van der Waals surface area contributed by atoms with Gasteiger partial charge in [-0.3, -0.25) is 9.59 Å². The molecule has 0 bridgehead atoms. The molecule has 2 amide bonds. The highest BCUT2D eigenvalue weighted by molar-refractivity contribution is 7.08. The summed E-state index contributed by atoms with van der Waals surface area (Å²) in [5.74, 6) is -0.269. The van der Waals surface area contributed by atoms with Crippen molar-refractivity contribution in [2.24, 2.45) is 0 Å². The molecule has 2 heterocycles. The van der Waals surface area contributed by atoms with Gasteiger partial charge in [0, 0.05) is 25.3 Å². The van der Waals surface area contributed by atoms with Gasteiger partial charge in [-0.15, -0.1) is 5.10 Å². The quantitative estimate of drug-likeness (QED) is 0.856. The Hall–Kier alpha value is -2.32. The minimum atomic E-state index is -0.216. The van der Waals surface area contributed by atoms with Crippen LogP contribution in [0.1, 0.15) is 40.2 Å². The van der Waals surface area contributed by atoms with Gasteiger partial charge in [0.15, 0.2) is 0 Å². The molecule has 0 saturated carbocycles. The molecule has 1 aliphatic heterocycles. The highest BCUT2D eigenvalue weighted by Crippen LogP contribution is 2.21. The zero-order chi connectivity index (χ0) is 18.5. The number of hydrogen-bond donors (Lipinski definition) is 2. The predicted octanol–water partition coefficient (Wildman–Crippen LogP) is 2.02. The van der Waals surface area contributed by atoms with E-state index in [0.717, 1.165) is 49.7 Å². The molecule has 7 nitrogen and oxygen atoms in total. The Morgan fingerprint density at radius 3 is 2.69 bits per heavy atom. The molecule has 3 rings (SSSR count). The van der Waals surface area contributed by atoms with Gasteiger partial charge in [-0.1, -0.05) is 16.6 Å². The zero-order valence-electron chi connectivity index (χ0n) is 15.0. The number of aryl methyl sites for hydroxylation is 1. The number of hydrogen-bond acceptors (Lipinski definition) is 6. The second-order valence-electron chi connectivity index (χ2n) is 6.41. The summed E-state index contributed by atoms with van der Waals surface area (Å²) >= 11 is 1.08. The Kier molecular flexibility index (Phi) is 5.95. The smallest absolute Gasteiger partial charge is 0.269 e. The summed E-state index contributed by atoms with van der Waals surface area (Å²) in [6.07, 6.45) is 0.981. The molecule has 0 spiro atoms. The third kappa shape index (κ3) is 4.25. The van der Waals surface area contributed by atoms with Crippen molar-refractivity contribution in [3.05, 3.63) is 40.4 Å². The van der Waals surface area contributed by atoms with E-state index in [1.807, 2.05) is 36.1 Å². The predicted molar refractivity (Wildman–Crippen MR) is 102 cm³/mol. The van der Waals surface area contributed by atoms with Crippen molar-refractivity contribution >= 4 is 29.0 Å². The molecule has 26 heavy (non-hydrogen) atoms. The van der Waals surface area contributed by atoms with E-state index in [1.165, 1.54) is 0 Å². The van der Waals surface area contributed by atoms with Crippen LogP contribution in [-0.2, 0) is 4.79 Å². The van der Waals surface area contributed by atoms with E-state index in [-0.39, 0.29) is 17.7 Å². The summed E-state index contributed by atoms with van der Waals surface area (Å²) in [5, 5.41) is 10.00. The fourth-order valence-electron chi connectivity index (χ4n) is 2.97. The molecule has 2 N–H and O–H groups in total. The first-order chi connectivity index (χ1) is 12.6. The van der Waals surface area contributed by atoms with Crippen molar-refractivity contribution in [2.75, 3.05) is 31.5 Å². The molecule has 1 saturated heterocycles. The largest absolute Gasteiger partial charge is 0.341 e. The van der Waals surface area contributed by atoms with Crippen molar-refractivity contribution < 1.29 is 9.59 Å². The van der Waals surface area contributed by atoms with Gasteiger partial charge in [0.25, 0.3) is 5.91 Å². The van der Waals surface area contributed by atoms with E-state index in [2.05, 4.69) is 20.2 Å². The maximum absolute atomic E-state index is 12.7. The molecule has 1 atom stereocenters. The summed E-state index contributed by atoms with van der Waals surface area (Å²) in [5.41, 5.74) is 2.25. The topological polar surface area (TPSA) is 87.2 Å². The molecule has 0 radical (unpaired) electrons. The van der Waals surface area contributed by atoms with Crippen molar-refractivity contribution in [3.63, 3.8) is 0 Å². The van der Waals surface area contributed by atoms with Gasteiger partial charge in [-0.2, -0.15) is 0 Å². The molecule has 0 aliphatic carbocycles. The monoisotopic (exact) mass is 373 g/mol. The number of benzene rings is 1. The Labute approximate surface area is 157 Å². The maximum atomic E-state index is 12.7. The number of rotatable bonds is 4. The number of anilines is 1. The van der Waals surface area contributed by atoms with E-state index in [9.17, 15) is 9.59 Å². The van der Waals surface area contributed by atoms with Gasteiger partial charge in [-0.05, 0) is 56.0 Å². The maximum Gasteiger partial charge on any atom is 0.269 e. The fourth-order valence-corrected chi connectivity index (χ4v) is 3.52. The standard InChI is InChI=1S/C18H23N5O2S/c1-12(18(25)23-10-3-8-19-9-11-23)14-4-6-15(7-5-14)20-17(24)16-13(2)21-22-26-16/h4-7,12,19H,3,8-11H2,1-2H3,(H,20,24). The average molecular weight is 373 g/mol. The van der Waals surface area contributed by atoms with E-state index in [1.54, 1.807) is 6.92 Å². The first-order valence-corrected chi connectivity index (χ1v) is 9.53. The lowest BCUT2D eigenvalue weighted by atomic mass is 9.99. The zero-order valence-corrected chi connectivity index (χ0v) is 15.8. The molecular weight excluding hydrogens is 350 g/mol. The molecule has 138 valence electrons. The molecular formula is C18H23N5O2S. The summed E-state index contributed by atoms with van der Waals surface area (Å²) in [6, 6.07) is 7.44. The van der Waals surface area contributed by atoms with Gasteiger partial charge in [0.2, 0.25) is 5.91 Å². The number of aromatic nitrogens is 2. The summed E-state index contributed by atoms with van der Waals surface area (Å²) in [6.45, 7) is 7.04. The van der Waals surface area contributed by atoms with Crippen LogP contribution in [-0.4, -0.2) is 52.5 Å². The van der Waals surface area contributed by atoms with Gasteiger partial charge >= 0.3 is 0 Å². The normalized spacial score (nSPS) is 16.0. The van der Waals surface area contributed by atoms with Crippen molar-refractivity contribution in [2.45, 2.75) is 26.2 Å². The minimum Gasteiger partial charge on any atom is -0.341 e. The minimum absolute atomic E-state index is 0.150. The van der Waals surface area contributed by atoms with Crippen LogP contribution in [0.2, 0.25) is 0 Å². The van der Waals surface area contributed by atoms with Crippen LogP contribution in [0.3, 0.4) is 0 Å². The summed E-state index contributed by atoms with van der Waals surface area (Å²) in [7, 11) is 0. The fraction of sp³-hybridized carbons (Fsp3) is 0.444. The highest BCUT2D eigenvalue weighted by atomic mass is 32.1. The Morgan fingerprint density at radius 2 is 2.00 bits per heavy atom. The Morgan fingerprint density at radius 1 is 1.23 bits per heavy atom. The average Bonchev–Trinajstić information content (AvgIpc) is 2.91. The molecule has 1 aromatic heterocycles. The molecule has 8 heteroatoms. The molecule has 1 fully saturated rings. The van der Waals surface area contributed by atoms with Crippen LogP contribution in [0, 0.1) is 6.92 Å². The lowest BCUT2D eigenvalue weighted by Gasteiger charge is -2.24. The molecule has 1 aliphatic rings. The van der Waals surface area contributed by atoms with E-state index in [4.69, 9.17) is 0 Å². The lowest BCUT2D eigenvalue weighted by Crippen LogP contribution is -2.36. The lowest BCUT2D eigenvalue weighted by molar-refractivity contribution is -0.132. The number of carbonyl (C=O) groups excluding carboxylic acids is 2. The van der Waals surface area contributed by atoms with Gasteiger partial charge in [-0.25, -0.2) is 0 Å². The van der Waals surface area contributed by atoms with Gasteiger partial charge in [0.1, 0.15) is 4.88 Å². The Bertz CT molecular complexity index is 766. The number of amides is 2. The second kappa shape index (κ2) is 8.37. The number of carbonyl (C=O) groups is 2. The van der Waals surface area contributed by atoms with E-state index in [0.29, 0.717) is 16.3 Å². The molecule has 1 aromatic carbocycles. The van der Waals surface area contributed by atoms with E-state index < -0.39 is 0 Å². The number of nitrogens with zero attached hydrogens (tertiary/aromatic N) is 3. The first kappa shape index (κ1) is 18.5. The van der Waals surface area contributed by atoms with Gasteiger partial charge < -0.3 is 15.5 Å². The van der Waals surface area contributed by atoms with Gasteiger partial charge in [0.05, 0.1) is 11.6 Å². The van der Waals surface area contributed by atoms with Crippen molar-refractivity contribution in [1.29, 1.82) is 0 Å². The van der Waals surface area contributed by atoms with Crippen LogP contribution in [0.15, 0.2) is 24.3 Å². The van der Waals surface area contributed by atoms with Crippen LogP contribution in [0.5, 0.6) is 0 Å². The van der Waals surface area contributed by atoms with E-state index >= 15 is 0 Å². The Balaban J connectivity index is 1.64. The third-order valence-corrected chi connectivity index (χ3v) is 5.38. The second-order valence-corrected chi connectivity index (χ2v) is 7.17. The van der Waals surface area contributed by atoms with Crippen LogP contribution < -0.4 is 10.6 Å². The molecule has 1 unspecified atom stereocenters. The van der Waals surface area contributed by atoms with Crippen LogP contribution in [0.25, 0.3) is 0 Å². The van der Waals surface area contributed by atoms with Crippen molar-refractivity contribution in [1.82, 2.24) is 19.8 Å². The summed E-state index contributed by atoms with van der Waals surface area (Å²) in [4.78, 5) is 27.4. The SMILES string of the molecule is Cc1nnsc1C(=O)Nc1ccc(C(C)C(=O)N2CCCNCC2)cc1. The van der Waals surface area contributed by atoms with Crippen molar-refractivity contribution in [3.8, 4) is 0 Å². The van der Waals surface area contributed by atoms with Crippen LogP contribution >= 0.6 is 11.5 Å². The third-order valence-electron chi connectivity index (χ3n) is 4.55.